The first-order valence-electron chi connectivity index (χ1n) is 7.87. The van der Waals surface area contributed by atoms with Crippen LogP contribution in [0.3, 0.4) is 0 Å². The molecule has 1 saturated carbocycles. The van der Waals surface area contributed by atoms with Gasteiger partial charge in [-0.2, -0.15) is 0 Å². The summed E-state index contributed by atoms with van der Waals surface area (Å²) < 4.78 is 0. The van der Waals surface area contributed by atoms with Gasteiger partial charge in [-0.15, -0.1) is 0 Å². The van der Waals surface area contributed by atoms with Gasteiger partial charge < -0.3 is 5.32 Å². The third-order valence-corrected chi connectivity index (χ3v) is 4.58. The number of aromatic nitrogens is 2. The Labute approximate surface area is 116 Å². The van der Waals surface area contributed by atoms with E-state index in [2.05, 4.69) is 19.2 Å². The molecule has 1 aliphatic heterocycles. The molecule has 1 fully saturated rings. The third kappa shape index (κ3) is 2.66. The molecule has 1 aliphatic carbocycles. The molecule has 0 saturated heterocycles. The topological polar surface area (TPSA) is 37.8 Å². The molecule has 0 aromatic carbocycles. The van der Waals surface area contributed by atoms with Crippen molar-refractivity contribution in [3.8, 4) is 0 Å². The first kappa shape index (κ1) is 13.0. The average Bonchev–Trinajstić information content (AvgIpc) is 2.87. The van der Waals surface area contributed by atoms with E-state index in [4.69, 9.17) is 9.97 Å². The molecule has 104 valence electrons. The smallest absolute Gasteiger partial charge is 0.132 e. The Kier molecular flexibility index (Phi) is 3.83. The molecular formula is C16H25N3. The standard InChI is InChI=1S/C16H25N3/c1-3-5-14-13-9-17-10-15(13)19-16(18-14)12-7-4-6-11(2)8-12/h11-12,17H,3-10H2,1-2H3. The number of nitrogens with zero attached hydrogens (tertiary/aromatic N) is 2. The first-order valence-corrected chi connectivity index (χ1v) is 7.87. The van der Waals surface area contributed by atoms with Crippen molar-refractivity contribution in [1.82, 2.24) is 15.3 Å². The molecule has 0 bridgehead atoms. The van der Waals surface area contributed by atoms with Crippen LogP contribution in [-0.4, -0.2) is 9.97 Å². The Hall–Kier alpha value is -0.960. The van der Waals surface area contributed by atoms with Crippen molar-refractivity contribution in [3.05, 3.63) is 22.8 Å². The molecular weight excluding hydrogens is 234 g/mol. The monoisotopic (exact) mass is 259 g/mol. The maximum Gasteiger partial charge on any atom is 0.132 e. The zero-order valence-electron chi connectivity index (χ0n) is 12.2. The van der Waals surface area contributed by atoms with Gasteiger partial charge in [0.2, 0.25) is 0 Å². The highest BCUT2D eigenvalue weighted by Crippen LogP contribution is 2.35. The minimum Gasteiger partial charge on any atom is -0.307 e. The number of hydrogen-bond acceptors (Lipinski definition) is 3. The van der Waals surface area contributed by atoms with Crippen molar-refractivity contribution in [2.24, 2.45) is 5.92 Å². The van der Waals surface area contributed by atoms with Gasteiger partial charge in [-0.05, 0) is 25.2 Å². The molecule has 1 aromatic heterocycles. The maximum absolute atomic E-state index is 4.94. The Balaban J connectivity index is 1.91. The van der Waals surface area contributed by atoms with Gasteiger partial charge >= 0.3 is 0 Å². The van der Waals surface area contributed by atoms with Crippen molar-refractivity contribution < 1.29 is 0 Å². The minimum absolute atomic E-state index is 0.602. The second-order valence-corrected chi connectivity index (χ2v) is 6.28. The molecule has 1 N–H and O–H groups in total. The van der Waals surface area contributed by atoms with E-state index in [9.17, 15) is 0 Å². The van der Waals surface area contributed by atoms with Crippen LogP contribution in [0.15, 0.2) is 0 Å². The SMILES string of the molecule is CCCc1nc(C2CCCC(C)C2)nc2c1CNC2. The number of hydrogen-bond donors (Lipinski definition) is 1. The Morgan fingerprint density at radius 2 is 2.11 bits per heavy atom. The van der Waals surface area contributed by atoms with Crippen molar-refractivity contribution in [2.45, 2.75) is 71.4 Å². The lowest BCUT2D eigenvalue weighted by molar-refractivity contribution is 0.334. The van der Waals surface area contributed by atoms with Gasteiger partial charge in [0.05, 0.1) is 5.69 Å². The summed E-state index contributed by atoms with van der Waals surface area (Å²) in [5.74, 6) is 2.58. The van der Waals surface area contributed by atoms with Crippen LogP contribution in [0.25, 0.3) is 0 Å². The lowest BCUT2D eigenvalue weighted by Crippen LogP contribution is -2.16. The summed E-state index contributed by atoms with van der Waals surface area (Å²) in [6.45, 7) is 6.50. The van der Waals surface area contributed by atoms with Crippen LogP contribution in [0, 0.1) is 5.92 Å². The van der Waals surface area contributed by atoms with Crippen LogP contribution >= 0.6 is 0 Å². The Bertz CT molecular complexity index is 456. The van der Waals surface area contributed by atoms with Crippen LogP contribution in [0.2, 0.25) is 0 Å². The molecule has 2 atom stereocenters. The number of aryl methyl sites for hydroxylation is 1. The van der Waals surface area contributed by atoms with Gasteiger partial charge in [0.15, 0.2) is 0 Å². The molecule has 19 heavy (non-hydrogen) atoms. The van der Waals surface area contributed by atoms with Gasteiger partial charge in [0.25, 0.3) is 0 Å². The second-order valence-electron chi connectivity index (χ2n) is 6.28. The zero-order chi connectivity index (χ0) is 13.2. The van der Waals surface area contributed by atoms with Crippen LogP contribution in [0.1, 0.15) is 74.6 Å². The predicted octanol–water partition coefficient (Wildman–Crippen LogP) is 3.33. The summed E-state index contributed by atoms with van der Waals surface area (Å²) >= 11 is 0. The molecule has 0 radical (unpaired) electrons. The highest BCUT2D eigenvalue weighted by Gasteiger charge is 2.26. The van der Waals surface area contributed by atoms with Gasteiger partial charge in [0, 0.05) is 30.3 Å². The van der Waals surface area contributed by atoms with E-state index in [0.717, 1.165) is 31.3 Å². The lowest BCUT2D eigenvalue weighted by Gasteiger charge is -2.26. The summed E-state index contributed by atoms with van der Waals surface area (Å²) in [6, 6.07) is 0. The minimum atomic E-state index is 0.602. The van der Waals surface area contributed by atoms with Gasteiger partial charge in [-0.1, -0.05) is 33.1 Å². The van der Waals surface area contributed by atoms with Crippen LogP contribution in [-0.2, 0) is 19.5 Å². The zero-order valence-corrected chi connectivity index (χ0v) is 12.2. The van der Waals surface area contributed by atoms with Crippen LogP contribution in [0.4, 0.5) is 0 Å². The summed E-state index contributed by atoms with van der Waals surface area (Å²) in [5.41, 5.74) is 3.96. The molecule has 3 nitrogen and oxygen atoms in total. The molecule has 0 spiro atoms. The number of rotatable bonds is 3. The quantitative estimate of drug-likeness (QED) is 0.905. The van der Waals surface area contributed by atoms with E-state index < -0.39 is 0 Å². The average molecular weight is 259 g/mol. The summed E-state index contributed by atoms with van der Waals surface area (Å²) in [4.78, 5) is 9.82. The molecule has 0 amide bonds. The predicted molar refractivity (Wildman–Crippen MR) is 76.9 cm³/mol. The third-order valence-electron chi connectivity index (χ3n) is 4.58. The summed E-state index contributed by atoms with van der Waals surface area (Å²) in [5, 5.41) is 3.42. The molecule has 3 rings (SSSR count). The van der Waals surface area contributed by atoms with E-state index in [-0.39, 0.29) is 0 Å². The van der Waals surface area contributed by atoms with E-state index in [1.165, 1.54) is 49.1 Å². The largest absolute Gasteiger partial charge is 0.307 e. The maximum atomic E-state index is 4.94. The van der Waals surface area contributed by atoms with Crippen molar-refractivity contribution >= 4 is 0 Å². The van der Waals surface area contributed by atoms with E-state index >= 15 is 0 Å². The van der Waals surface area contributed by atoms with Gasteiger partial charge in [0.1, 0.15) is 5.82 Å². The normalized spacial score (nSPS) is 26.4. The van der Waals surface area contributed by atoms with Gasteiger partial charge in [-0.25, -0.2) is 9.97 Å². The second kappa shape index (κ2) is 5.58. The molecule has 3 heteroatoms. The van der Waals surface area contributed by atoms with E-state index in [1.54, 1.807) is 0 Å². The van der Waals surface area contributed by atoms with Crippen molar-refractivity contribution in [3.63, 3.8) is 0 Å². The van der Waals surface area contributed by atoms with Crippen LogP contribution in [0.5, 0.6) is 0 Å². The first-order chi connectivity index (χ1) is 9.28. The summed E-state index contributed by atoms with van der Waals surface area (Å²) in [7, 11) is 0. The van der Waals surface area contributed by atoms with E-state index in [1.807, 2.05) is 0 Å². The van der Waals surface area contributed by atoms with Crippen molar-refractivity contribution in [2.75, 3.05) is 0 Å². The lowest BCUT2D eigenvalue weighted by atomic mass is 9.82. The fourth-order valence-electron chi connectivity index (χ4n) is 3.55. The van der Waals surface area contributed by atoms with E-state index in [0.29, 0.717) is 5.92 Å². The molecule has 2 unspecified atom stereocenters. The number of nitrogens with one attached hydrogen (secondary N) is 1. The Morgan fingerprint density at radius 1 is 1.21 bits per heavy atom. The highest BCUT2D eigenvalue weighted by atomic mass is 15.0. The highest BCUT2D eigenvalue weighted by molar-refractivity contribution is 5.30. The van der Waals surface area contributed by atoms with Crippen LogP contribution < -0.4 is 5.32 Å². The van der Waals surface area contributed by atoms with Crippen molar-refractivity contribution in [1.29, 1.82) is 0 Å². The fourth-order valence-corrected chi connectivity index (χ4v) is 3.55. The number of fused-ring (bicyclic) bond motifs is 1. The Morgan fingerprint density at radius 3 is 2.89 bits per heavy atom. The molecule has 2 aliphatic rings. The summed E-state index contributed by atoms with van der Waals surface area (Å²) in [6.07, 6.45) is 7.55. The van der Waals surface area contributed by atoms with Gasteiger partial charge in [-0.3, -0.25) is 0 Å². The molecule has 2 heterocycles. The molecule has 1 aromatic rings. The fraction of sp³-hybridized carbons (Fsp3) is 0.750.